The lowest BCUT2D eigenvalue weighted by atomic mass is 10.1. The summed E-state index contributed by atoms with van der Waals surface area (Å²) in [6.45, 7) is 0.313. The van der Waals surface area contributed by atoms with Gasteiger partial charge in [-0.05, 0) is 23.8 Å². The number of aromatic carboxylic acids is 1. The molecule has 1 N–H and O–H groups in total. The summed E-state index contributed by atoms with van der Waals surface area (Å²) in [7, 11) is 0. The first-order valence-electron chi connectivity index (χ1n) is 5.09. The molecule has 0 radical (unpaired) electrons. The SMILES string of the molecule is O=Cc1cnn(Cc2cc(C(=O)O)ccc2Cl)c1. The van der Waals surface area contributed by atoms with Crippen molar-refractivity contribution in [2.45, 2.75) is 6.54 Å². The van der Waals surface area contributed by atoms with E-state index in [9.17, 15) is 9.59 Å². The molecule has 6 heteroatoms. The number of carbonyl (C=O) groups is 2. The molecule has 2 aromatic rings. The summed E-state index contributed by atoms with van der Waals surface area (Å²) in [5, 5.41) is 13.3. The molecular weight excluding hydrogens is 256 g/mol. The third kappa shape index (κ3) is 2.57. The zero-order valence-electron chi connectivity index (χ0n) is 9.21. The fraction of sp³-hybridized carbons (Fsp3) is 0.0833. The standard InChI is InChI=1S/C12H9ClN2O3/c13-11-2-1-9(12(17)18)3-10(11)6-15-5-8(7-16)4-14-15/h1-5,7H,6H2,(H,17,18). The van der Waals surface area contributed by atoms with Gasteiger partial charge in [0.25, 0.3) is 0 Å². The number of hydrogen-bond donors (Lipinski definition) is 1. The number of nitrogens with zero attached hydrogens (tertiary/aromatic N) is 2. The summed E-state index contributed by atoms with van der Waals surface area (Å²) in [5.74, 6) is -1.01. The molecule has 2 rings (SSSR count). The number of benzene rings is 1. The maximum absolute atomic E-state index is 10.9. The minimum atomic E-state index is -1.01. The number of aromatic nitrogens is 2. The fourth-order valence-electron chi connectivity index (χ4n) is 1.53. The lowest BCUT2D eigenvalue weighted by Gasteiger charge is -2.05. The predicted molar refractivity (Wildman–Crippen MR) is 65.1 cm³/mol. The van der Waals surface area contributed by atoms with E-state index in [2.05, 4.69) is 5.10 Å². The summed E-state index contributed by atoms with van der Waals surface area (Å²) in [6, 6.07) is 4.46. The van der Waals surface area contributed by atoms with Crippen LogP contribution in [0, 0.1) is 0 Å². The van der Waals surface area contributed by atoms with Crippen molar-refractivity contribution in [1.29, 1.82) is 0 Å². The second kappa shape index (κ2) is 5.01. The molecule has 0 spiro atoms. The topological polar surface area (TPSA) is 72.2 Å². The highest BCUT2D eigenvalue weighted by molar-refractivity contribution is 6.31. The summed E-state index contributed by atoms with van der Waals surface area (Å²) >= 11 is 5.99. The van der Waals surface area contributed by atoms with Gasteiger partial charge in [0.15, 0.2) is 6.29 Å². The molecule has 1 aromatic heterocycles. The highest BCUT2D eigenvalue weighted by Gasteiger charge is 2.08. The van der Waals surface area contributed by atoms with Crippen LogP contribution in [-0.4, -0.2) is 27.1 Å². The molecule has 0 fully saturated rings. The van der Waals surface area contributed by atoms with Crippen molar-refractivity contribution in [3.05, 3.63) is 52.3 Å². The molecule has 0 saturated carbocycles. The van der Waals surface area contributed by atoms with E-state index in [1.165, 1.54) is 29.1 Å². The Bertz CT molecular complexity index is 607. The van der Waals surface area contributed by atoms with Gasteiger partial charge in [-0.1, -0.05) is 11.6 Å². The van der Waals surface area contributed by atoms with Crippen LogP contribution in [0.15, 0.2) is 30.6 Å². The van der Waals surface area contributed by atoms with Crippen LogP contribution in [0.2, 0.25) is 5.02 Å². The molecule has 0 bridgehead atoms. The van der Waals surface area contributed by atoms with Crippen LogP contribution < -0.4 is 0 Å². The zero-order valence-corrected chi connectivity index (χ0v) is 9.96. The molecule has 92 valence electrons. The van der Waals surface area contributed by atoms with Gasteiger partial charge in [-0.15, -0.1) is 0 Å². The van der Waals surface area contributed by atoms with Crippen LogP contribution in [0.5, 0.6) is 0 Å². The molecule has 18 heavy (non-hydrogen) atoms. The van der Waals surface area contributed by atoms with Gasteiger partial charge in [0.1, 0.15) is 0 Å². The van der Waals surface area contributed by atoms with E-state index >= 15 is 0 Å². The monoisotopic (exact) mass is 264 g/mol. The van der Waals surface area contributed by atoms with Gasteiger partial charge in [0.05, 0.1) is 23.9 Å². The van der Waals surface area contributed by atoms with Crippen molar-refractivity contribution in [2.24, 2.45) is 0 Å². The van der Waals surface area contributed by atoms with E-state index in [1.54, 1.807) is 6.20 Å². The number of aldehydes is 1. The lowest BCUT2D eigenvalue weighted by Crippen LogP contribution is -2.03. The minimum absolute atomic E-state index is 0.164. The van der Waals surface area contributed by atoms with Crippen molar-refractivity contribution in [1.82, 2.24) is 9.78 Å². The first-order valence-corrected chi connectivity index (χ1v) is 5.47. The number of carboxylic acids is 1. The van der Waals surface area contributed by atoms with E-state index in [4.69, 9.17) is 16.7 Å². The van der Waals surface area contributed by atoms with Gasteiger partial charge in [-0.25, -0.2) is 4.79 Å². The molecule has 0 amide bonds. The van der Waals surface area contributed by atoms with Crippen LogP contribution in [0.1, 0.15) is 26.3 Å². The largest absolute Gasteiger partial charge is 0.478 e. The molecule has 0 saturated heterocycles. The fourth-order valence-corrected chi connectivity index (χ4v) is 1.71. The summed E-state index contributed by atoms with van der Waals surface area (Å²) in [4.78, 5) is 21.4. The number of carboxylic acid groups (broad SMARTS) is 1. The van der Waals surface area contributed by atoms with E-state index < -0.39 is 5.97 Å². The van der Waals surface area contributed by atoms with Gasteiger partial charge in [-0.3, -0.25) is 9.48 Å². The zero-order chi connectivity index (χ0) is 13.1. The van der Waals surface area contributed by atoms with E-state index in [0.29, 0.717) is 29.0 Å². The Kier molecular flexibility index (Phi) is 3.43. The van der Waals surface area contributed by atoms with Crippen molar-refractivity contribution in [3.63, 3.8) is 0 Å². The molecule has 1 aromatic carbocycles. The summed E-state index contributed by atoms with van der Waals surface area (Å²) < 4.78 is 1.52. The van der Waals surface area contributed by atoms with Crippen LogP contribution >= 0.6 is 11.6 Å². The molecule has 0 unspecified atom stereocenters. The third-order valence-corrected chi connectivity index (χ3v) is 2.78. The summed E-state index contributed by atoms with van der Waals surface area (Å²) in [6.07, 6.45) is 3.69. The third-order valence-electron chi connectivity index (χ3n) is 2.41. The Morgan fingerprint density at radius 2 is 2.28 bits per heavy atom. The van der Waals surface area contributed by atoms with Gasteiger partial charge >= 0.3 is 5.97 Å². The molecule has 0 atom stereocenters. The van der Waals surface area contributed by atoms with Crippen LogP contribution in [0.4, 0.5) is 0 Å². The number of rotatable bonds is 4. The predicted octanol–water partition coefficient (Wildman–Crippen LogP) is 2.10. The smallest absolute Gasteiger partial charge is 0.335 e. The van der Waals surface area contributed by atoms with E-state index in [-0.39, 0.29) is 5.56 Å². The molecule has 0 aliphatic heterocycles. The average molecular weight is 265 g/mol. The quantitative estimate of drug-likeness (QED) is 0.859. The first kappa shape index (κ1) is 12.3. The molecule has 0 aliphatic rings. The Hall–Kier alpha value is -2.14. The van der Waals surface area contributed by atoms with Crippen molar-refractivity contribution < 1.29 is 14.7 Å². The van der Waals surface area contributed by atoms with E-state index in [0.717, 1.165) is 0 Å². The normalized spacial score (nSPS) is 10.3. The van der Waals surface area contributed by atoms with Gasteiger partial charge in [0.2, 0.25) is 0 Å². The van der Waals surface area contributed by atoms with Gasteiger partial charge < -0.3 is 5.11 Å². The average Bonchev–Trinajstić information content (AvgIpc) is 2.79. The Balaban J connectivity index is 2.30. The number of halogens is 1. The molecular formula is C12H9ClN2O3. The maximum atomic E-state index is 10.9. The van der Waals surface area contributed by atoms with Crippen LogP contribution in [-0.2, 0) is 6.54 Å². The number of carbonyl (C=O) groups excluding carboxylic acids is 1. The second-order valence-corrected chi connectivity index (χ2v) is 4.11. The van der Waals surface area contributed by atoms with Gasteiger partial charge in [-0.2, -0.15) is 5.10 Å². The van der Waals surface area contributed by atoms with Crippen LogP contribution in [0.3, 0.4) is 0 Å². The minimum Gasteiger partial charge on any atom is -0.478 e. The van der Waals surface area contributed by atoms with Crippen molar-refractivity contribution in [3.8, 4) is 0 Å². The Morgan fingerprint density at radius 1 is 1.50 bits per heavy atom. The van der Waals surface area contributed by atoms with Crippen molar-refractivity contribution >= 4 is 23.9 Å². The van der Waals surface area contributed by atoms with Crippen molar-refractivity contribution in [2.75, 3.05) is 0 Å². The Morgan fingerprint density at radius 3 is 2.89 bits per heavy atom. The van der Waals surface area contributed by atoms with E-state index in [1.807, 2.05) is 0 Å². The first-order chi connectivity index (χ1) is 8.60. The molecule has 5 nitrogen and oxygen atoms in total. The Labute approximate surface area is 108 Å². The maximum Gasteiger partial charge on any atom is 0.335 e. The van der Waals surface area contributed by atoms with Crippen LogP contribution in [0.25, 0.3) is 0 Å². The summed E-state index contributed by atoms with van der Waals surface area (Å²) in [5.41, 5.74) is 1.26. The van der Waals surface area contributed by atoms with Gasteiger partial charge in [0, 0.05) is 11.2 Å². The number of hydrogen-bond acceptors (Lipinski definition) is 3. The molecule has 0 aliphatic carbocycles. The molecule has 1 heterocycles. The highest BCUT2D eigenvalue weighted by atomic mass is 35.5. The second-order valence-electron chi connectivity index (χ2n) is 3.70. The lowest BCUT2D eigenvalue weighted by molar-refractivity contribution is 0.0696. The highest BCUT2D eigenvalue weighted by Crippen LogP contribution is 2.18.